The van der Waals surface area contributed by atoms with Gasteiger partial charge in [0, 0.05) is 6.07 Å². The van der Waals surface area contributed by atoms with E-state index in [9.17, 15) is 0 Å². The number of halogens is 1. The van der Waals surface area contributed by atoms with E-state index in [0.717, 1.165) is 11.4 Å². The molecule has 0 aliphatic heterocycles. The number of ether oxygens (including phenoxy) is 2. The van der Waals surface area contributed by atoms with Gasteiger partial charge in [-0.1, -0.05) is 17.7 Å². The summed E-state index contributed by atoms with van der Waals surface area (Å²) in [4.78, 5) is 4.46. The van der Waals surface area contributed by atoms with Crippen LogP contribution in [-0.4, -0.2) is 20.2 Å². The van der Waals surface area contributed by atoms with Crippen molar-refractivity contribution in [1.82, 2.24) is 0 Å². The SMILES string of the molecule is COc1ccc(OC)c(NC(N)=NCc2c(C)cc(C)cc2C)c1.I. The number of hydrogen-bond acceptors (Lipinski definition) is 3. The molecule has 0 unspecified atom stereocenters. The van der Waals surface area contributed by atoms with Gasteiger partial charge in [0.25, 0.3) is 0 Å². The molecular weight excluding hydrogens is 429 g/mol. The fourth-order valence-corrected chi connectivity index (χ4v) is 2.71. The Kier molecular flexibility index (Phi) is 8.02. The van der Waals surface area contributed by atoms with Crippen molar-refractivity contribution in [3.63, 3.8) is 0 Å². The predicted molar refractivity (Wildman–Crippen MR) is 115 cm³/mol. The summed E-state index contributed by atoms with van der Waals surface area (Å²) in [7, 11) is 3.23. The molecule has 0 aliphatic carbocycles. The van der Waals surface area contributed by atoms with E-state index >= 15 is 0 Å². The van der Waals surface area contributed by atoms with E-state index in [1.807, 2.05) is 18.2 Å². The van der Waals surface area contributed by atoms with Gasteiger partial charge in [-0.15, -0.1) is 24.0 Å². The van der Waals surface area contributed by atoms with E-state index in [4.69, 9.17) is 15.2 Å². The number of benzene rings is 2. The summed E-state index contributed by atoms with van der Waals surface area (Å²) in [6.45, 7) is 6.82. The molecule has 6 heteroatoms. The second kappa shape index (κ2) is 9.50. The summed E-state index contributed by atoms with van der Waals surface area (Å²) in [6, 6.07) is 9.79. The van der Waals surface area contributed by atoms with Crippen LogP contribution in [0.5, 0.6) is 11.5 Å². The van der Waals surface area contributed by atoms with Crippen LogP contribution in [0.25, 0.3) is 0 Å². The highest BCUT2D eigenvalue weighted by atomic mass is 127. The standard InChI is InChI=1S/C19H25N3O2.HI/c1-12-8-13(2)16(14(3)9-12)11-21-19(20)22-17-10-15(23-4)6-7-18(17)24-5;/h6-10H,11H2,1-5H3,(H3,20,21,22);1H. The zero-order chi connectivity index (χ0) is 17.7. The number of aryl methyl sites for hydroxylation is 3. The Labute approximate surface area is 166 Å². The maximum absolute atomic E-state index is 6.04. The largest absolute Gasteiger partial charge is 0.497 e. The lowest BCUT2D eigenvalue weighted by atomic mass is 10.00. The molecule has 0 saturated heterocycles. The van der Waals surface area contributed by atoms with Crippen molar-refractivity contribution < 1.29 is 9.47 Å². The van der Waals surface area contributed by atoms with Crippen LogP contribution in [0.2, 0.25) is 0 Å². The first-order valence-corrected chi connectivity index (χ1v) is 7.80. The molecule has 2 aromatic carbocycles. The van der Waals surface area contributed by atoms with Gasteiger partial charge in [0.05, 0.1) is 26.5 Å². The Hall–Kier alpha value is -1.96. The molecule has 0 heterocycles. The first-order valence-electron chi connectivity index (χ1n) is 7.80. The molecule has 0 atom stereocenters. The average Bonchev–Trinajstić information content (AvgIpc) is 2.53. The van der Waals surface area contributed by atoms with Crippen LogP contribution < -0.4 is 20.5 Å². The minimum Gasteiger partial charge on any atom is -0.497 e. The monoisotopic (exact) mass is 455 g/mol. The van der Waals surface area contributed by atoms with Gasteiger partial charge in [0.15, 0.2) is 5.96 Å². The molecule has 5 nitrogen and oxygen atoms in total. The van der Waals surface area contributed by atoms with Crippen LogP contribution in [0.1, 0.15) is 22.3 Å². The molecule has 0 fully saturated rings. The minimum absolute atomic E-state index is 0. The summed E-state index contributed by atoms with van der Waals surface area (Å²) in [5, 5.41) is 3.08. The van der Waals surface area contributed by atoms with Crippen LogP contribution in [0.4, 0.5) is 5.69 Å². The molecular formula is C19H26IN3O2. The number of nitrogens with zero attached hydrogens (tertiary/aromatic N) is 1. The van der Waals surface area contributed by atoms with Crippen LogP contribution in [-0.2, 0) is 6.54 Å². The zero-order valence-corrected chi connectivity index (χ0v) is 17.7. The normalized spacial score (nSPS) is 10.8. The Morgan fingerprint density at radius 3 is 2.24 bits per heavy atom. The number of nitrogens with one attached hydrogen (secondary N) is 1. The molecule has 25 heavy (non-hydrogen) atoms. The molecule has 0 spiro atoms. The van der Waals surface area contributed by atoms with Gasteiger partial charge >= 0.3 is 0 Å². The molecule has 0 aromatic heterocycles. The predicted octanol–water partition coefficient (Wildman–Crippen LogP) is 4.17. The summed E-state index contributed by atoms with van der Waals surface area (Å²) in [5.41, 5.74) is 11.7. The molecule has 0 amide bonds. The lowest BCUT2D eigenvalue weighted by Gasteiger charge is -2.13. The number of guanidine groups is 1. The van der Waals surface area contributed by atoms with Gasteiger partial charge in [-0.3, -0.25) is 0 Å². The van der Waals surface area contributed by atoms with Gasteiger partial charge in [-0.05, 0) is 49.6 Å². The Balaban J connectivity index is 0.00000312. The topological polar surface area (TPSA) is 68.9 Å². The van der Waals surface area contributed by atoms with Gasteiger partial charge in [0.1, 0.15) is 11.5 Å². The average molecular weight is 455 g/mol. The fourth-order valence-electron chi connectivity index (χ4n) is 2.71. The Bertz CT molecular complexity index is 737. The van der Waals surface area contributed by atoms with Crippen molar-refractivity contribution in [3.8, 4) is 11.5 Å². The van der Waals surface area contributed by atoms with Crippen molar-refractivity contribution >= 4 is 35.6 Å². The third-order valence-corrected chi connectivity index (χ3v) is 3.92. The van der Waals surface area contributed by atoms with Crippen molar-refractivity contribution in [2.75, 3.05) is 19.5 Å². The van der Waals surface area contributed by atoms with Crippen molar-refractivity contribution in [1.29, 1.82) is 0 Å². The second-order valence-corrected chi connectivity index (χ2v) is 5.77. The molecule has 2 aromatic rings. The fraction of sp³-hybridized carbons (Fsp3) is 0.316. The van der Waals surface area contributed by atoms with Gasteiger partial charge < -0.3 is 20.5 Å². The highest BCUT2D eigenvalue weighted by Crippen LogP contribution is 2.28. The smallest absolute Gasteiger partial charge is 0.193 e. The number of aliphatic imine (C=N–C) groups is 1. The third-order valence-electron chi connectivity index (χ3n) is 3.92. The molecule has 0 radical (unpaired) electrons. The van der Waals surface area contributed by atoms with E-state index in [1.54, 1.807) is 14.2 Å². The van der Waals surface area contributed by atoms with E-state index in [2.05, 4.69) is 43.2 Å². The Morgan fingerprint density at radius 1 is 1.04 bits per heavy atom. The van der Waals surface area contributed by atoms with E-state index in [-0.39, 0.29) is 24.0 Å². The first-order chi connectivity index (χ1) is 11.4. The molecule has 0 aliphatic rings. The number of anilines is 1. The van der Waals surface area contributed by atoms with E-state index in [1.165, 1.54) is 22.3 Å². The molecule has 0 saturated carbocycles. The lowest BCUT2D eigenvalue weighted by molar-refractivity contribution is 0.405. The van der Waals surface area contributed by atoms with Crippen molar-refractivity contribution in [2.24, 2.45) is 10.7 Å². The number of rotatable bonds is 5. The highest BCUT2D eigenvalue weighted by Gasteiger charge is 2.07. The van der Waals surface area contributed by atoms with Crippen LogP contribution >= 0.6 is 24.0 Å². The maximum atomic E-state index is 6.04. The number of nitrogens with two attached hydrogens (primary N) is 1. The minimum atomic E-state index is 0. The molecule has 0 bridgehead atoms. The van der Waals surface area contributed by atoms with Gasteiger partial charge in [-0.2, -0.15) is 0 Å². The van der Waals surface area contributed by atoms with Gasteiger partial charge in [-0.25, -0.2) is 4.99 Å². The quantitative estimate of drug-likeness (QED) is 0.404. The maximum Gasteiger partial charge on any atom is 0.193 e. The van der Waals surface area contributed by atoms with E-state index < -0.39 is 0 Å². The summed E-state index contributed by atoms with van der Waals surface area (Å²) >= 11 is 0. The van der Waals surface area contributed by atoms with Crippen LogP contribution in [0.3, 0.4) is 0 Å². The Morgan fingerprint density at radius 2 is 1.68 bits per heavy atom. The highest BCUT2D eigenvalue weighted by molar-refractivity contribution is 14.0. The lowest BCUT2D eigenvalue weighted by Crippen LogP contribution is -2.23. The zero-order valence-electron chi connectivity index (χ0n) is 15.3. The van der Waals surface area contributed by atoms with E-state index in [0.29, 0.717) is 18.3 Å². The third kappa shape index (κ3) is 5.52. The molecule has 2 rings (SSSR count). The van der Waals surface area contributed by atoms with Crippen LogP contribution in [0, 0.1) is 20.8 Å². The van der Waals surface area contributed by atoms with Crippen LogP contribution in [0.15, 0.2) is 35.3 Å². The second-order valence-electron chi connectivity index (χ2n) is 5.77. The van der Waals surface area contributed by atoms with Crippen molar-refractivity contribution in [2.45, 2.75) is 27.3 Å². The van der Waals surface area contributed by atoms with Gasteiger partial charge in [0.2, 0.25) is 0 Å². The number of hydrogen-bond donors (Lipinski definition) is 2. The number of methoxy groups -OCH3 is 2. The summed E-state index contributed by atoms with van der Waals surface area (Å²) < 4.78 is 10.6. The molecule has 3 N–H and O–H groups in total. The first kappa shape index (κ1) is 21.1. The van der Waals surface area contributed by atoms with Crippen molar-refractivity contribution in [3.05, 3.63) is 52.6 Å². The molecule has 136 valence electrons. The summed E-state index contributed by atoms with van der Waals surface area (Å²) in [5.74, 6) is 1.73. The summed E-state index contributed by atoms with van der Waals surface area (Å²) in [6.07, 6.45) is 0.